The molecule has 2 heterocycles. The number of hydrogen-bond acceptors (Lipinski definition) is 1. The van der Waals surface area contributed by atoms with E-state index in [2.05, 4.69) is 35.8 Å². The maximum atomic E-state index is 12.8. The zero-order valence-corrected chi connectivity index (χ0v) is 16.3. The Morgan fingerprint density at radius 2 is 1.69 bits per heavy atom. The van der Waals surface area contributed by atoms with Crippen molar-refractivity contribution >= 4 is 5.78 Å². The molecule has 3 rings (SSSR count). The number of nitrogens with zero attached hydrogens (tertiary/aromatic N) is 2. The van der Waals surface area contributed by atoms with Gasteiger partial charge in [-0.05, 0) is 31.9 Å². The monoisotopic (exact) mass is 368 g/mol. The van der Waals surface area contributed by atoms with Crippen molar-refractivity contribution in [1.82, 2.24) is 4.57 Å². The number of aromatic nitrogens is 2. The highest BCUT2D eigenvalue weighted by atomic mass is 35.5. The zero-order chi connectivity index (χ0) is 17.8. The molecule has 26 heavy (non-hydrogen) atoms. The van der Waals surface area contributed by atoms with Crippen LogP contribution in [0.5, 0.6) is 0 Å². The van der Waals surface area contributed by atoms with Crippen LogP contribution in [0.3, 0.4) is 0 Å². The molecule has 0 N–H and O–H groups in total. The van der Waals surface area contributed by atoms with E-state index < -0.39 is 0 Å². The predicted molar refractivity (Wildman–Crippen MR) is 99.8 cm³/mol. The molecule has 3 nitrogen and oxygen atoms in total. The van der Waals surface area contributed by atoms with Gasteiger partial charge in [0.15, 0.2) is 11.9 Å². The minimum absolute atomic E-state index is 0. The Balaban J connectivity index is 0.00000243. The van der Waals surface area contributed by atoms with Gasteiger partial charge in [-0.1, -0.05) is 36.4 Å². The van der Waals surface area contributed by atoms with Crippen LogP contribution in [0.25, 0.3) is 0 Å². The maximum absolute atomic E-state index is 12.8. The smallest absolute Gasteiger partial charge is 0.229 e. The van der Waals surface area contributed by atoms with Crippen molar-refractivity contribution in [3.63, 3.8) is 0 Å². The van der Waals surface area contributed by atoms with Gasteiger partial charge in [-0.2, -0.15) is 4.57 Å². The highest BCUT2D eigenvalue weighted by Crippen LogP contribution is 2.17. The van der Waals surface area contributed by atoms with Crippen molar-refractivity contribution in [2.75, 3.05) is 0 Å². The summed E-state index contributed by atoms with van der Waals surface area (Å²) in [7, 11) is 0. The van der Waals surface area contributed by atoms with E-state index >= 15 is 0 Å². The average Bonchev–Trinajstić information content (AvgIpc) is 2.90. The summed E-state index contributed by atoms with van der Waals surface area (Å²) in [5, 5.41) is 0. The van der Waals surface area contributed by atoms with Crippen molar-refractivity contribution in [3.05, 3.63) is 89.0 Å². The molecule has 0 bridgehead atoms. The standard InChI is InChI=1S/C22H25N2O.ClH/c1-17-9-7-8-13-23(17)16-22(25)21-15-18(2)24(19(21)3)14-12-20-10-5-4-6-11-20;/h4-11,13,15H,12,14,16H2,1-3H3;1H/q+1;/p-1. The first-order chi connectivity index (χ1) is 12.1. The van der Waals surface area contributed by atoms with Gasteiger partial charge < -0.3 is 17.0 Å². The number of carbonyl (C=O) groups is 1. The van der Waals surface area contributed by atoms with Gasteiger partial charge >= 0.3 is 0 Å². The second-order valence-electron chi connectivity index (χ2n) is 6.57. The topological polar surface area (TPSA) is 25.9 Å². The second-order valence-corrected chi connectivity index (χ2v) is 6.57. The lowest BCUT2D eigenvalue weighted by atomic mass is 10.1. The number of hydrogen-bond donors (Lipinski definition) is 0. The fraction of sp³-hybridized carbons (Fsp3) is 0.273. The van der Waals surface area contributed by atoms with E-state index in [9.17, 15) is 4.79 Å². The van der Waals surface area contributed by atoms with E-state index in [0.717, 1.165) is 35.6 Å². The largest absolute Gasteiger partial charge is 1.00 e. The molecule has 2 aromatic heterocycles. The summed E-state index contributed by atoms with van der Waals surface area (Å²) >= 11 is 0. The third kappa shape index (κ3) is 4.41. The number of carbonyl (C=O) groups excluding carboxylic acids is 1. The molecule has 136 valence electrons. The van der Waals surface area contributed by atoms with Crippen LogP contribution in [-0.4, -0.2) is 10.4 Å². The number of ketones is 1. The summed E-state index contributed by atoms with van der Waals surface area (Å²) in [5.74, 6) is 0.165. The van der Waals surface area contributed by atoms with Gasteiger partial charge in [-0.25, -0.2) is 0 Å². The average molecular weight is 369 g/mol. The molecule has 0 saturated heterocycles. The Morgan fingerprint density at radius 1 is 1.00 bits per heavy atom. The number of Topliss-reactive ketones (excluding diaryl/α,β-unsaturated/α-hetero) is 1. The molecule has 0 aliphatic carbocycles. The molecule has 0 unspecified atom stereocenters. The summed E-state index contributed by atoms with van der Waals surface area (Å²) in [6.45, 7) is 7.43. The highest BCUT2D eigenvalue weighted by molar-refractivity contribution is 5.96. The summed E-state index contributed by atoms with van der Waals surface area (Å²) in [5.41, 5.74) is 5.45. The van der Waals surface area contributed by atoms with Crippen molar-refractivity contribution in [2.45, 2.75) is 40.3 Å². The molecule has 0 radical (unpaired) electrons. The van der Waals surface area contributed by atoms with Gasteiger partial charge in [0.25, 0.3) is 0 Å². The van der Waals surface area contributed by atoms with Gasteiger partial charge in [0.1, 0.15) is 0 Å². The van der Waals surface area contributed by atoms with Crippen molar-refractivity contribution in [2.24, 2.45) is 0 Å². The first-order valence-electron chi connectivity index (χ1n) is 8.75. The van der Waals surface area contributed by atoms with Gasteiger partial charge in [-0.15, -0.1) is 0 Å². The summed E-state index contributed by atoms with van der Waals surface area (Å²) in [6, 6.07) is 18.5. The third-order valence-electron chi connectivity index (χ3n) is 4.82. The number of aryl methyl sites for hydroxylation is 3. The summed E-state index contributed by atoms with van der Waals surface area (Å²) < 4.78 is 4.25. The minimum atomic E-state index is 0. The highest BCUT2D eigenvalue weighted by Gasteiger charge is 2.19. The van der Waals surface area contributed by atoms with Crippen LogP contribution in [0.1, 0.15) is 33.0 Å². The predicted octanol–water partition coefficient (Wildman–Crippen LogP) is 0.830. The first kappa shape index (κ1) is 19.9. The van der Waals surface area contributed by atoms with Crippen LogP contribution in [0.15, 0.2) is 60.8 Å². The van der Waals surface area contributed by atoms with Crippen molar-refractivity contribution in [3.8, 4) is 0 Å². The molecule has 0 aliphatic heterocycles. The number of halogens is 1. The lowest BCUT2D eigenvalue weighted by Crippen LogP contribution is -3.00. The first-order valence-corrected chi connectivity index (χ1v) is 8.75. The van der Waals surface area contributed by atoms with Crippen LogP contribution in [0.2, 0.25) is 0 Å². The van der Waals surface area contributed by atoms with E-state index in [1.165, 1.54) is 5.56 Å². The Labute approximate surface area is 161 Å². The molecular weight excluding hydrogens is 344 g/mol. The summed E-state index contributed by atoms with van der Waals surface area (Å²) in [6.07, 6.45) is 2.93. The fourth-order valence-corrected chi connectivity index (χ4v) is 3.29. The van der Waals surface area contributed by atoms with E-state index in [1.54, 1.807) is 0 Å². The lowest BCUT2D eigenvalue weighted by molar-refractivity contribution is -0.689. The van der Waals surface area contributed by atoms with Gasteiger partial charge in [0.2, 0.25) is 12.3 Å². The van der Waals surface area contributed by atoms with Crippen LogP contribution in [0.4, 0.5) is 0 Å². The van der Waals surface area contributed by atoms with Crippen LogP contribution in [-0.2, 0) is 19.5 Å². The quantitative estimate of drug-likeness (QED) is 0.467. The molecule has 0 amide bonds. The maximum Gasteiger partial charge on any atom is 0.229 e. The van der Waals surface area contributed by atoms with Crippen LogP contribution >= 0.6 is 0 Å². The van der Waals surface area contributed by atoms with Gasteiger partial charge in [0, 0.05) is 42.6 Å². The molecule has 0 saturated carbocycles. The van der Waals surface area contributed by atoms with E-state index in [1.807, 2.05) is 54.9 Å². The molecule has 0 spiro atoms. The Hall–Kier alpha value is -2.39. The molecule has 3 aromatic rings. The van der Waals surface area contributed by atoms with Crippen LogP contribution < -0.4 is 17.0 Å². The molecular formula is C22H25ClN2O. The van der Waals surface area contributed by atoms with Gasteiger partial charge in [0.05, 0.1) is 0 Å². The molecule has 4 heteroatoms. The van der Waals surface area contributed by atoms with E-state index in [-0.39, 0.29) is 18.2 Å². The number of benzene rings is 1. The summed E-state index contributed by atoms with van der Waals surface area (Å²) in [4.78, 5) is 12.8. The Kier molecular flexibility index (Phi) is 6.76. The van der Waals surface area contributed by atoms with Crippen molar-refractivity contribution < 1.29 is 21.8 Å². The van der Waals surface area contributed by atoms with Gasteiger partial charge in [-0.3, -0.25) is 4.79 Å². The third-order valence-corrected chi connectivity index (χ3v) is 4.82. The number of pyridine rings is 1. The second kappa shape index (κ2) is 8.81. The fourth-order valence-electron chi connectivity index (χ4n) is 3.29. The Morgan fingerprint density at radius 3 is 2.38 bits per heavy atom. The van der Waals surface area contributed by atoms with Crippen molar-refractivity contribution in [1.29, 1.82) is 0 Å². The van der Waals surface area contributed by atoms with E-state index in [0.29, 0.717) is 6.54 Å². The normalized spacial score (nSPS) is 10.4. The zero-order valence-electron chi connectivity index (χ0n) is 15.6. The minimum Gasteiger partial charge on any atom is -1.00 e. The Bertz CT molecular complexity index is 884. The van der Waals surface area contributed by atoms with E-state index in [4.69, 9.17) is 0 Å². The van der Waals surface area contributed by atoms with Crippen LogP contribution in [0, 0.1) is 20.8 Å². The molecule has 0 atom stereocenters. The number of rotatable bonds is 6. The lowest BCUT2D eigenvalue weighted by Gasteiger charge is -2.10. The molecule has 1 aromatic carbocycles. The molecule has 0 aliphatic rings. The molecule has 0 fully saturated rings. The SMILES string of the molecule is Cc1cc(C(=O)C[n+]2ccccc2C)c(C)n1CCc1ccccc1.[Cl-].